The normalized spacial score (nSPS) is 11.5. The maximum atomic E-state index is 12.8. The minimum atomic E-state index is -0.248. The van der Waals surface area contributed by atoms with Crippen molar-refractivity contribution in [2.75, 3.05) is 12.4 Å². The van der Waals surface area contributed by atoms with Crippen LogP contribution in [0, 0.1) is 20.8 Å². The Morgan fingerprint density at radius 3 is 2.31 bits per heavy atom. The Bertz CT molecular complexity index is 1130. The maximum Gasteiger partial charge on any atom is 0.305 e. The maximum absolute atomic E-state index is 12.8. The fourth-order valence-corrected chi connectivity index (χ4v) is 3.66. The zero-order valence-electron chi connectivity index (χ0n) is 19.8. The van der Waals surface area contributed by atoms with Crippen molar-refractivity contribution in [1.29, 1.82) is 0 Å². The number of nitrogens with one attached hydrogen (secondary N) is 1. The number of carbonyl (C=O) groups is 2. The van der Waals surface area contributed by atoms with Crippen LogP contribution in [0.3, 0.4) is 0 Å². The summed E-state index contributed by atoms with van der Waals surface area (Å²) in [7, 11) is 1.39. The average Bonchev–Trinajstić information content (AvgIpc) is 3.25. The van der Waals surface area contributed by atoms with Crippen molar-refractivity contribution in [3.05, 3.63) is 58.5 Å². The summed E-state index contributed by atoms with van der Waals surface area (Å²) >= 11 is 0. The van der Waals surface area contributed by atoms with Crippen LogP contribution in [0.25, 0.3) is 5.69 Å². The number of hydrogen-bond acceptors (Lipinski definition) is 5. The number of anilines is 1. The van der Waals surface area contributed by atoms with Gasteiger partial charge in [-0.15, -0.1) is 0 Å². The summed E-state index contributed by atoms with van der Waals surface area (Å²) in [6.45, 7) is 11.9. The summed E-state index contributed by atoms with van der Waals surface area (Å²) in [5, 5.41) is 12.1. The van der Waals surface area contributed by atoms with Gasteiger partial charge in [-0.05, 0) is 77.8 Å². The van der Waals surface area contributed by atoms with Crippen LogP contribution < -0.4 is 5.32 Å². The molecule has 0 saturated carbocycles. The fourth-order valence-electron chi connectivity index (χ4n) is 3.66. The third-order valence-electron chi connectivity index (χ3n) is 5.33. The molecule has 8 nitrogen and oxygen atoms in total. The Morgan fingerprint density at radius 1 is 1.06 bits per heavy atom. The highest BCUT2D eigenvalue weighted by molar-refractivity contribution is 6.04. The number of aromatic nitrogens is 4. The topological polar surface area (TPSA) is 91.0 Å². The molecule has 0 radical (unpaired) electrons. The van der Waals surface area contributed by atoms with Crippen LogP contribution in [-0.2, 0) is 21.5 Å². The molecule has 170 valence electrons. The van der Waals surface area contributed by atoms with Crippen LogP contribution >= 0.6 is 0 Å². The van der Waals surface area contributed by atoms with Gasteiger partial charge in [-0.3, -0.25) is 9.59 Å². The third kappa shape index (κ3) is 4.90. The first kappa shape index (κ1) is 23.2. The van der Waals surface area contributed by atoms with Crippen LogP contribution in [-0.4, -0.2) is 38.5 Å². The van der Waals surface area contributed by atoms with E-state index in [1.54, 1.807) is 12.1 Å². The van der Waals surface area contributed by atoms with E-state index >= 15 is 0 Å². The number of esters is 1. The monoisotopic (exact) mass is 437 g/mol. The zero-order chi connectivity index (χ0) is 23.6. The summed E-state index contributed by atoms with van der Waals surface area (Å²) in [6.07, 6.45) is 0.888. The van der Waals surface area contributed by atoms with Crippen LogP contribution in [0.2, 0.25) is 0 Å². The molecular weight excluding hydrogens is 406 g/mol. The molecule has 2 aromatic heterocycles. The van der Waals surface area contributed by atoms with Crippen LogP contribution in [0.1, 0.15) is 60.2 Å². The van der Waals surface area contributed by atoms with Crippen molar-refractivity contribution in [2.24, 2.45) is 0 Å². The molecule has 0 bridgehead atoms. The molecule has 2 heterocycles. The third-order valence-corrected chi connectivity index (χ3v) is 5.33. The molecule has 0 atom stereocenters. The number of amides is 1. The van der Waals surface area contributed by atoms with Crippen molar-refractivity contribution < 1.29 is 14.3 Å². The first-order valence-electron chi connectivity index (χ1n) is 10.6. The molecule has 0 aliphatic rings. The largest absolute Gasteiger partial charge is 0.469 e. The van der Waals surface area contributed by atoms with E-state index in [2.05, 4.69) is 15.5 Å². The number of benzene rings is 1. The standard InChI is InChI=1S/C24H31N5O3/c1-15-14-21(29(26-15)24(4,5)6)25-23(31)18-8-10-19(11-9-18)28-17(3)20(16(2)27-28)12-13-22(30)32-7/h8-11,14H,12-13H2,1-7H3,(H,25,31). The predicted molar refractivity (Wildman–Crippen MR) is 123 cm³/mol. The second-order valence-corrected chi connectivity index (χ2v) is 8.89. The second-order valence-electron chi connectivity index (χ2n) is 8.89. The van der Waals surface area contributed by atoms with Crippen molar-refractivity contribution in [3.8, 4) is 5.69 Å². The van der Waals surface area contributed by atoms with Crippen molar-refractivity contribution in [2.45, 2.75) is 59.9 Å². The Hall–Kier alpha value is -3.42. The van der Waals surface area contributed by atoms with Crippen molar-refractivity contribution in [3.63, 3.8) is 0 Å². The van der Waals surface area contributed by atoms with E-state index in [9.17, 15) is 9.59 Å². The van der Waals surface area contributed by atoms with Gasteiger partial charge in [-0.25, -0.2) is 9.36 Å². The number of nitrogens with zero attached hydrogens (tertiary/aromatic N) is 4. The SMILES string of the molecule is COC(=O)CCc1c(C)nn(-c2ccc(C(=O)Nc3cc(C)nn3C(C)(C)C)cc2)c1C. The molecule has 0 aliphatic carbocycles. The molecular formula is C24H31N5O3. The Balaban J connectivity index is 1.79. The summed E-state index contributed by atoms with van der Waals surface area (Å²) in [5.74, 6) is 0.224. The summed E-state index contributed by atoms with van der Waals surface area (Å²) in [5.41, 5.74) is 4.86. The number of aryl methyl sites for hydroxylation is 2. The quantitative estimate of drug-likeness (QED) is 0.586. The molecule has 3 rings (SSSR count). The highest BCUT2D eigenvalue weighted by Crippen LogP contribution is 2.23. The lowest BCUT2D eigenvalue weighted by Gasteiger charge is -2.22. The van der Waals surface area contributed by atoms with Gasteiger partial charge in [-0.2, -0.15) is 10.2 Å². The summed E-state index contributed by atoms with van der Waals surface area (Å²) in [6, 6.07) is 9.15. The first-order chi connectivity index (χ1) is 15.0. The van der Waals surface area contributed by atoms with Gasteiger partial charge >= 0.3 is 5.97 Å². The zero-order valence-corrected chi connectivity index (χ0v) is 19.8. The molecule has 0 spiro atoms. The number of rotatable bonds is 6. The van der Waals surface area contributed by atoms with Crippen molar-refractivity contribution in [1.82, 2.24) is 19.6 Å². The van der Waals surface area contributed by atoms with E-state index in [0.717, 1.165) is 28.3 Å². The highest BCUT2D eigenvalue weighted by atomic mass is 16.5. The van der Waals surface area contributed by atoms with Gasteiger partial charge in [0.2, 0.25) is 0 Å². The van der Waals surface area contributed by atoms with Crippen LogP contribution in [0.15, 0.2) is 30.3 Å². The van der Waals surface area contributed by atoms with E-state index < -0.39 is 0 Å². The van der Waals surface area contributed by atoms with Crippen molar-refractivity contribution >= 4 is 17.7 Å². The number of hydrogen-bond donors (Lipinski definition) is 1. The predicted octanol–water partition coefficient (Wildman–Crippen LogP) is 4.11. The Labute approximate surface area is 188 Å². The molecule has 1 amide bonds. The lowest BCUT2D eigenvalue weighted by atomic mass is 10.1. The molecule has 1 N–H and O–H groups in total. The fraction of sp³-hybridized carbons (Fsp3) is 0.417. The second kappa shape index (κ2) is 8.98. The van der Waals surface area contributed by atoms with Gasteiger partial charge in [0, 0.05) is 23.7 Å². The van der Waals surface area contributed by atoms with E-state index in [4.69, 9.17) is 4.74 Å². The van der Waals surface area contributed by atoms with Crippen LogP contribution in [0.4, 0.5) is 5.82 Å². The molecule has 0 aliphatic heterocycles. The minimum absolute atomic E-state index is 0.200. The Kier molecular flexibility index (Phi) is 6.52. The summed E-state index contributed by atoms with van der Waals surface area (Å²) in [4.78, 5) is 24.3. The molecule has 3 aromatic rings. The highest BCUT2D eigenvalue weighted by Gasteiger charge is 2.21. The molecule has 0 fully saturated rings. The number of carbonyl (C=O) groups excluding carboxylic acids is 2. The smallest absolute Gasteiger partial charge is 0.305 e. The van der Waals surface area contributed by atoms with E-state index in [0.29, 0.717) is 24.2 Å². The van der Waals surface area contributed by atoms with Gasteiger partial charge in [0.1, 0.15) is 5.82 Å². The van der Waals surface area contributed by atoms with E-state index in [1.165, 1.54) is 7.11 Å². The molecule has 8 heteroatoms. The van der Waals surface area contributed by atoms with Crippen LogP contribution in [0.5, 0.6) is 0 Å². The minimum Gasteiger partial charge on any atom is -0.469 e. The van der Waals surface area contributed by atoms with Gasteiger partial charge in [0.05, 0.1) is 29.7 Å². The molecule has 1 aromatic carbocycles. The number of methoxy groups -OCH3 is 1. The van der Waals surface area contributed by atoms with Gasteiger partial charge in [-0.1, -0.05) is 0 Å². The lowest BCUT2D eigenvalue weighted by Crippen LogP contribution is -2.26. The Morgan fingerprint density at radius 2 is 1.72 bits per heavy atom. The van der Waals surface area contributed by atoms with Gasteiger partial charge in [0.15, 0.2) is 0 Å². The molecule has 32 heavy (non-hydrogen) atoms. The van der Waals surface area contributed by atoms with Gasteiger partial charge < -0.3 is 10.1 Å². The first-order valence-corrected chi connectivity index (χ1v) is 10.6. The van der Waals surface area contributed by atoms with Gasteiger partial charge in [0.25, 0.3) is 5.91 Å². The van der Waals surface area contributed by atoms with E-state index in [1.807, 2.05) is 69.1 Å². The van der Waals surface area contributed by atoms with E-state index in [-0.39, 0.29) is 17.4 Å². The summed E-state index contributed by atoms with van der Waals surface area (Å²) < 4.78 is 8.39. The number of ether oxygens (including phenoxy) is 1. The molecule has 0 saturated heterocycles. The average molecular weight is 438 g/mol. The lowest BCUT2D eigenvalue weighted by molar-refractivity contribution is -0.140. The molecule has 0 unspecified atom stereocenters.